The second-order valence-electron chi connectivity index (χ2n) is 5.72. The van der Waals surface area contributed by atoms with Crippen LogP contribution in [0.15, 0.2) is 0 Å². The highest BCUT2D eigenvalue weighted by molar-refractivity contribution is 5.68. The number of nitrogens with one attached hydrogen (secondary N) is 1. The second kappa shape index (κ2) is 6.58. The average Bonchev–Trinajstić information content (AvgIpc) is 2.34. The standard InChI is InChI=1S/C14H22N2O3/c1-5-11(10-17)8-12-9-16(7-6-15-12)13(18)19-14(2,3)4/h1,10-12,15H,6-9H2,2-4H3. The van der Waals surface area contributed by atoms with Crippen LogP contribution < -0.4 is 5.32 Å². The first-order valence-electron chi connectivity index (χ1n) is 6.48. The van der Waals surface area contributed by atoms with Gasteiger partial charge in [0.15, 0.2) is 0 Å². The van der Waals surface area contributed by atoms with Crippen molar-refractivity contribution in [1.29, 1.82) is 0 Å². The molecule has 5 heteroatoms. The van der Waals surface area contributed by atoms with Crippen molar-refractivity contribution in [2.45, 2.75) is 38.8 Å². The third-order valence-corrected chi connectivity index (χ3v) is 2.82. The number of amides is 1. The minimum Gasteiger partial charge on any atom is -0.444 e. The van der Waals surface area contributed by atoms with E-state index in [-0.39, 0.29) is 12.1 Å². The molecule has 1 aliphatic heterocycles. The first kappa shape index (κ1) is 15.5. The Hall–Kier alpha value is -1.54. The summed E-state index contributed by atoms with van der Waals surface area (Å²) in [4.78, 5) is 24.3. The molecular formula is C14H22N2O3. The van der Waals surface area contributed by atoms with Gasteiger partial charge >= 0.3 is 6.09 Å². The molecular weight excluding hydrogens is 244 g/mol. The van der Waals surface area contributed by atoms with Crippen LogP contribution in [0.2, 0.25) is 0 Å². The van der Waals surface area contributed by atoms with Crippen LogP contribution in [0.5, 0.6) is 0 Å². The summed E-state index contributed by atoms with van der Waals surface area (Å²) >= 11 is 0. The molecule has 0 aromatic heterocycles. The first-order chi connectivity index (χ1) is 8.85. The lowest BCUT2D eigenvalue weighted by molar-refractivity contribution is -0.110. The van der Waals surface area contributed by atoms with Crippen molar-refractivity contribution in [3.63, 3.8) is 0 Å². The highest BCUT2D eigenvalue weighted by Gasteiger charge is 2.28. The molecule has 0 radical (unpaired) electrons. The summed E-state index contributed by atoms with van der Waals surface area (Å²) in [5, 5.41) is 3.26. The van der Waals surface area contributed by atoms with Crippen molar-refractivity contribution >= 4 is 12.4 Å². The lowest BCUT2D eigenvalue weighted by Crippen LogP contribution is -2.54. The molecule has 1 amide bonds. The van der Waals surface area contributed by atoms with Gasteiger partial charge in [-0.25, -0.2) is 4.79 Å². The van der Waals surface area contributed by atoms with Crippen LogP contribution in [-0.2, 0) is 9.53 Å². The van der Waals surface area contributed by atoms with E-state index in [4.69, 9.17) is 11.2 Å². The molecule has 0 bridgehead atoms. The second-order valence-corrected chi connectivity index (χ2v) is 5.72. The molecule has 2 unspecified atom stereocenters. The molecule has 0 saturated carbocycles. The maximum absolute atomic E-state index is 12.0. The molecule has 2 atom stereocenters. The van der Waals surface area contributed by atoms with Gasteiger partial charge in [-0.1, -0.05) is 5.92 Å². The van der Waals surface area contributed by atoms with Gasteiger partial charge in [0.05, 0.1) is 5.92 Å². The number of carbonyl (C=O) groups excluding carboxylic acids is 2. The molecule has 19 heavy (non-hydrogen) atoms. The van der Waals surface area contributed by atoms with Gasteiger partial charge in [-0.05, 0) is 27.2 Å². The third-order valence-electron chi connectivity index (χ3n) is 2.82. The van der Waals surface area contributed by atoms with E-state index in [9.17, 15) is 9.59 Å². The largest absolute Gasteiger partial charge is 0.444 e. The number of nitrogens with zero attached hydrogens (tertiary/aromatic N) is 1. The number of piperazine rings is 1. The van der Waals surface area contributed by atoms with Crippen molar-refractivity contribution in [2.24, 2.45) is 5.92 Å². The molecule has 5 nitrogen and oxygen atoms in total. The monoisotopic (exact) mass is 266 g/mol. The molecule has 1 fully saturated rings. The molecule has 1 aliphatic rings. The van der Waals surface area contributed by atoms with E-state index in [1.807, 2.05) is 20.8 Å². The number of terminal acetylenes is 1. The summed E-state index contributed by atoms with van der Waals surface area (Å²) in [6.07, 6.45) is 6.26. The van der Waals surface area contributed by atoms with Crippen LogP contribution in [0, 0.1) is 18.3 Å². The van der Waals surface area contributed by atoms with Crippen LogP contribution >= 0.6 is 0 Å². The summed E-state index contributed by atoms with van der Waals surface area (Å²) in [6, 6.07) is 0.0347. The van der Waals surface area contributed by atoms with Gasteiger partial charge in [-0.2, -0.15) is 0 Å². The Labute approximate surface area is 114 Å². The number of carbonyl (C=O) groups is 2. The van der Waals surface area contributed by atoms with Crippen molar-refractivity contribution in [1.82, 2.24) is 10.2 Å². The summed E-state index contributed by atoms with van der Waals surface area (Å²) in [6.45, 7) is 7.32. The Morgan fingerprint density at radius 2 is 2.32 bits per heavy atom. The Morgan fingerprint density at radius 1 is 1.63 bits per heavy atom. The van der Waals surface area contributed by atoms with E-state index < -0.39 is 11.5 Å². The number of hydrogen-bond donors (Lipinski definition) is 1. The van der Waals surface area contributed by atoms with Crippen molar-refractivity contribution in [2.75, 3.05) is 19.6 Å². The molecule has 1 rings (SSSR count). The lowest BCUT2D eigenvalue weighted by atomic mass is 10.0. The van der Waals surface area contributed by atoms with E-state index in [1.54, 1.807) is 4.90 Å². The fourth-order valence-corrected chi connectivity index (χ4v) is 1.95. The van der Waals surface area contributed by atoms with E-state index in [0.717, 1.165) is 6.29 Å². The topological polar surface area (TPSA) is 58.6 Å². The predicted octanol–water partition coefficient (Wildman–Crippen LogP) is 1.03. The SMILES string of the molecule is C#CC(C=O)CC1CN(C(=O)OC(C)(C)C)CCN1. The third kappa shape index (κ3) is 5.31. The summed E-state index contributed by atoms with van der Waals surface area (Å²) in [5.74, 6) is 2.03. The molecule has 0 aliphatic carbocycles. The van der Waals surface area contributed by atoms with Gasteiger partial charge in [0, 0.05) is 25.7 Å². The Balaban J connectivity index is 2.52. The fourth-order valence-electron chi connectivity index (χ4n) is 1.95. The van der Waals surface area contributed by atoms with Gasteiger partial charge < -0.3 is 19.7 Å². The first-order valence-corrected chi connectivity index (χ1v) is 6.48. The molecule has 1 heterocycles. The van der Waals surface area contributed by atoms with Gasteiger partial charge in [0.1, 0.15) is 11.9 Å². The van der Waals surface area contributed by atoms with Crippen molar-refractivity contribution in [3.05, 3.63) is 0 Å². The van der Waals surface area contributed by atoms with E-state index in [1.165, 1.54) is 0 Å². The number of hydrogen-bond acceptors (Lipinski definition) is 4. The van der Waals surface area contributed by atoms with Crippen LogP contribution in [0.4, 0.5) is 4.79 Å². The summed E-state index contributed by atoms with van der Waals surface area (Å²) in [7, 11) is 0. The molecule has 0 aromatic carbocycles. The smallest absolute Gasteiger partial charge is 0.410 e. The number of aldehydes is 1. The Bertz CT molecular complexity index is 368. The number of rotatable bonds is 3. The minimum atomic E-state index is -0.498. The molecule has 0 spiro atoms. The Morgan fingerprint density at radius 3 is 2.84 bits per heavy atom. The molecule has 1 N–H and O–H groups in total. The van der Waals surface area contributed by atoms with Crippen LogP contribution in [0.1, 0.15) is 27.2 Å². The predicted molar refractivity (Wildman–Crippen MR) is 72.6 cm³/mol. The zero-order valence-corrected chi connectivity index (χ0v) is 11.8. The number of ether oxygens (including phenoxy) is 1. The summed E-state index contributed by atoms with van der Waals surface area (Å²) in [5.41, 5.74) is -0.498. The van der Waals surface area contributed by atoms with E-state index in [0.29, 0.717) is 26.1 Å². The molecule has 0 aromatic rings. The Kier molecular flexibility index (Phi) is 5.37. The summed E-state index contributed by atoms with van der Waals surface area (Å²) < 4.78 is 5.33. The average molecular weight is 266 g/mol. The quantitative estimate of drug-likeness (QED) is 0.612. The van der Waals surface area contributed by atoms with Crippen LogP contribution in [0.25, 0.3) is 0 Å². The van der Waals surface area contributed by atoms with Crippen LogP contribution in [0.3, 0.4) is 0 Å². The van der Waals surface area contributed by atoms with Crippen molar-refractivity contribution < 1.29 is 14.3 Å². The lowest BCUT2D eigenvalue weighted by Gasteiger charge is -2.35. The molecule has 1 saturated heterocycles. The maximum atomic E-state index is 12.0. The van der Waals surface area contributed by atoms with Crippen molar-refractivity contribution in [3.8, 4) is 12.3 Å². The normalized spacial score (nSPS) is 21.4. The molecule has 106 valence electrons. The van der Waals surface area contributed by atoms with Gasteiger partial charge in [-0.15, -0.1) is 6.42 Å². The zero-order valence-electron chi connectivity index (χ0n) is 11.8. The highest BCUT2D eigenvalue weighted by atomic mass is 16.6. The highest BCUT2D eigenvalue weighted by Crippen LogP contribution is 2.13. The van der Waals surface area contributed by atoms with E-state index >= 15 is 0 Å². The van der Waals surface area contributed by atoms with Gasteiger partial charge in [-0.3, -0.25) is 0 Å². The zero-order chi connectivity index (χ0) is 14.5. The fraction of sp³-hybridized carbons (Fsp3) is 0.714. The minimum absolute atomic E-state index is 0.0347. The van der Waals surface area contributed by atoms with Crippen LogP contribution in [-0.4, -0.2) is 48.6 Å². The van der Waals surface area contributed by atoms with Gasteiger partial charge in [0.2, 0.25) is 0 Å². The van der Waals surface area contributed by atoms with E-state index in [2.05, 4.69) is 11.2 Å². The van der Waals surface area contributed by atoms with Gasteiger partial charge in [0.25, 0.3) is 0 Å². The maximum Gasteiger partial charge on any atom is 0.410 e.